The molecule has 0 aromatic heterocycles. The van der Waals surface area contributed by atoms with Gasteiger partial charge in [-0.25, -0.2) is 0 Å². The maximum Gasteiger partial charge on any atom is 0.534 e. The Bertz CT molecular complexity index is 549. The first-order valence-corrected chi connectivity index (χ1v) is 5.93. The molecule has 18 heavy (non-hydrogen) atoms. The van der Waals surface area contributed by atoms with Crippen molar-refractivity contribution in [3.8, 4) is 11.5 Å². The number of hydrogen-bond acceptors (Lipinski definition) is 4. The van der Waals surface area contributed by atoms with Crippen LogP contribution in [0.3, 0.4) is 0 Å². The van der Waals surface area contributed by atoms with Gasteiger partial charge in [0.2, 0.25) is 0 Å². The van der Waals surface area contributed by atoms with Crippen molar-refractivity contribution in [2.24, 2.45) is 0 Å². The van der Waals surface area contributed by atoms with Gasteiger partial charge in [-0.05, 0) is 17.7 Å². The lowest BCUT2D eigenvalue weighted by molar-refractivity contribution is -0.0500. The topological polar surface area (TPSA) is 52.6 Å². The molecule has 4 nitrogen and oxygen atoms in total. The van der Waals surface area contributed by atoms with Crippen LogP contribution in [0, 0.1) is 0 Å². The highest BCUT2D eigenvalue weighted by Crippen LogP contribution is 2.33. The zero-order valence-corrected chi connectivity index (χ0v) is 10.0. The number of methoxy groups -OCH3 is 1. The van der Waals surface area contributed by atoms with Gasteiger partial charge in [0.05, 0.1) is 7.11 Å². The summed E-state index contributed by atoms with van der Waals surface area (Å²) < 4.78 is 66.8. The van der Waals surface area contributed by atoms with Gasteiger partial charge in [0.25, 0.3) is 0 Å². The van der Waals surface area contributed by atoms with Gasteiger partial charge in [0.15, 0.2) is 11.5 Å². The first-order valence-electron chi connectivity index (χ1n) is 4.52. The second-order valence-electron chi connectivity index (χ2n) is 3.10. The minimum absolute atomic E-state index is 0.139. The quantitative estimate of drug-likeness (QED) is 0.629. The number of halogens is 3. The number of hydrogen-bond donors (Lipinski definition) is 0. The third-order valence-corrected chi connectivity index (χ3v) is 2.87. The fraction of sp³-hybridized carbons (Fsp3) is 0.200. The summed E-state index contributed by atoms with van der Waals surface area (Å²) in [6.07, 6.45) is 1.42. The van der Waals surface area contributed by atoms with Crippen LogP contribution in [0.4, 0.5) is 13.2 Å². The summed E-state index contributed by atoms with van der Waals surface area (Å²) in [4.78, 5) is 0. The van der Waals surface area contributed by atoms with Crippen LogP contribution in [0.1, 0.15) is 5.56 Å². The molecule has 0 N–H and O–H groups in total. The average molecular weight is 282 g/mol. The third-order valence-electron chi connectivity index (χ3n) is 1.91. The summed E-state index contributed by atoms with van der Waals surface area (Å²) >= 11 is 0. The van der Waals surface area contributed by atoms with Crippen LogP contribution in [0.15, 0.2) is 24.8 Å². The summed E-state index contributed by atoms with van der Waals surface area (Å²) in [5, 5.41) is 0. The lowest BCUT2D eigenvalue weighted by atomic mass is 10.2. The molecule has 0 saturated carbocycles. The second kappa shape index (κ2) is 4.89. The minimum Gasteiger partial charge on any atom is -0.493 e. The van der Waals surface area contributed by atoms with Crippen LogP contribution in [0.2, 0.25) is 0 Å². The first kappa shape index (κ1) is 14.4. The fourth-order valence-corrected chi connectivity index (χ4v) is 1.51. The maximum absolute atomic E-state index is 12.1. The Kier molecular flexibility index (Phi) is 3.90. The standard InChI is InChI=1S/C10H9F3O4S/c1-3-7-4-5-8(9(6-7)16-2)17-18(14,15)10(11,12)13/h3-6H,1H2,2H3. The molecule has 0 bridgehead atoms. The molecule has 0 heterocycles. The van der Waals surface area contributed by atoms with E-state index in [9.17, 15) is 21.6 Å². The van der Waals surface area contributed by atoms with Crippen molar-refractivity contribution in [1.82, 2.24) is 0 Å². The number of ether oxygens (including phenoxy) is 1. The molecular formula is C10H9F3O4S. The second-order valence-corrected chi connectivity index (χ2v) is 4.64. The molecule has 0 unspecified atom stereocenters. The molecule has 0 atom stereocenters. The Morgan fingerprint density at radius 1 is 1.28 bits per heavy atom. The van der Waals surface area contributed by atoms with Gasteiger partial charge in [0.1, 0.15) is 0 Å². The lowest BCUT2D eigenvalue weighted by Gasteiger charge is -2.12. The van der Waals surface area contributed by atoms with Gasteiger partial charge in [-0.1, -0.05) is 18.7 Å². The van der Waals surface area contributed by atoms with Crippen molar-refractivity contribution in [2.45, 2.75) is 5.51 Å². The van der Waals surface area contributed by atoms with E-state index in [-0.39, 0.29) is 5.75 Å². The number of rotatable bonds is 4. The largest absolute Gasteiger partial charge is 0.534 e. The molecule has 1 aromatic carbocycles. The van der Waals surface area contributed by atoms with Crippen LogP contribution in [-0.4, -0.2) is 21.0 Å². The highest BCUT2D eigenvalue weighted by molar-refractivity contribution is 7.88. The molecule has 8 heteroatoms. The molecule has 0 radical (unpaired) electrons. The zero-order chi connectivity index (χ0) is 14.0. The van der Waals surface area contributed by atoms with Crippen molar-refractivity contribution in [2.75, 3.05) is 7.11 Å². The molecular weight excluding hydrogens is 273 g/mol. The van der Waals surface area contributed by atoms with Crippen molar-refractivity contribution in [1.29, 1.82) is 0 Å². The Labute approximate surface area is 102 Å². The van der Waals surface area contributed by atoms with E-state index in [1.54, 1.807) is 0 Å². The van der Waals surface area contributed by atoms with Crippen molar-refractivity contribution in [3.05, 3.63) is 30.3 Å². The number of benzene rings is 1. The van der Waals surface area contributed by atoms with E-state index in [2.05, 4.69) is 10.8 Å². The first-order chi connectivity index (χ1) is 8.21. The Morgan fingerprint density at radius 2 is 1.89 bits per heavy atom. The highest BCUT2D eigenvalue weighted by atomic mass is 32.2. The number of alkyl halides is 3. The van der Waals surface area contributed by atoms with E-state index in [1.165, 1.54) is 25.3 Å². The fourth-order valence-electron chi connectivity index (χ4n) is 1.05. The van der Waals surface area contributed by atoms with E-state index in [1.807, 2.05) is 0 Å². The Morgan fingerprint density at radius 3 is 2.33 bits per heavy atom. The van der Waals surface area contributed by atoms with E-state index in [0.717, 1.165) is 6.07 Å². The molecule has 100 valence electrons. The van der Waals surface area contributed by atoms with Gasteiger partial charge in [-0.2, -0.15) is 21.6 Å². The molecule has 0 spiro atoms. The zero-order valence-electron chi connectivity index (χ0n) is 9.19. The van der Waals surface area contributed by atoms with Gasteiger partial charge in [-0.3, -0.25) is 0 Å². The molecule has 0 saturated heterocycles. The van der Waals surface area contributed by atoms with Crippen LogP contribution in [-0.2, 0) is 10.1 Å². The van der Waals surface area contributed by atoms with Crippen LogP contribution < -0.4 is 8.92 Å². The van der Waals surface area contributed by atoms with Gasteiger partial charge < -0.3 is 8.92 Å². The molecule has 1 aromatic rings. The predicted molar refractivity (Wildman–Crippen MR) is 58.7 cm³/mol. The van der Waals surface area contributed by atoms with Gasteiger partial charge >= 0.3 is 15.6 Å². The van der Waals surface area contributed by atoms with Gasteiger partial charge in [0, 0.05) is 0 Å². The van der Waals surface area contributed by atoms with Crippen LogP contribution in [0.5, 0.6) is 11.5 Å². The van der Waals surface area contributed by atoms with Crippen LogP contribution in [0.25, 0.3) is 6.08 Å². The van der Waals surface area contributed by atoms with Crippen molar-refractivity contribution >= 4 is 16.2 Å². The summed E-state index contributed by atoms with van der Waals surface area (Å²) in [5.41, 5.74) is -4.95. The van der Waals surface area contributed by atoms with E-state index in [0.29, 0.717) is 5.56 Å². The summed E-state index contributed by atoms with van der Waals surface area (Å²) in [5.74, 6) is -0.680. The molecule has 0 aliphatic heterocycles. The van der Waals surface area contributed by atoms with E-state index < -0.39 is 21.4 Å². The Hall–Kier alpha value is -1.70. The molecule has 0 aliphatic carbocycles. The van der Waals surface area contributed by atoms with E-state index >= 15 is 0 Å². The third kappa shape index (κ3) is 2.95. The molecule has 0 aliphatic rings. The monoisotopic (exact) mass is 282 g/mol. The molecule has 0 fully saturated rings. The van der Waals surface area contributed by atoms with Crippen molar-refractivity contribution in [3.63, 3.8) is 0 Å². The Balaban J connectivity index is 3.17. The predicted octanol–water partition coefficient (Wildman–Crippen LogP) is 2.57. The minimum atomic E-state index is -5.71. The lowest BCUT2D eigenvalue weighted by Crippen LogP contribution is -2.28. The summed E-state index contributed by atoms with van der Waals surface area (Å²) in [6, 6.07) is 3.70. The normalized spacial score (nSPS) is 12.0. The smallest absolute Gasteiger partial charge is 0.493 e. The van der Waals surface area contributed by atoms with E-state index in [4.69, 9.17) is 4.74 Å². The maximum atomic E-state index is 12.1. The molecule has 0 amide bonds. The SMILES string of the molecule is C=Cc1ccc(OS(=O)(=O)C(F)(F)F)c(OC)c1. The molecule has 1 rings (SSSR count). The highest BCUT2D eigenvalue weighted by Gasteiger charge is 2.48. The van der Waals surface area contributed by atoms with Crippen molar-refractivity contribution < 1.29 is 30.5 Å². The summed E-state index contributed by atoms with van der Waals surface area (Å²) in [6.45, 7) is 3.46. The summed E-state index contributed by atoms with van der Waals surface area (Å²) in [7, 11) is -4.53. The average Bonchev–Trinajstić information content (AvgIpc) is 2.27. The van der Waals surface area contributed by atoms with Gasteiger partial charge in [-0.15, -0.1) is 0 Å². The van der Waals surface area contributed by atoms with Crippen LogP contribution >= 0.6 is 0 Å².